The molecule has 3 aromatic rings. The number of hydrogen-bond acceptors (Lipinski definition) is 4. The van der Waals surface area contributed by atoms with Crippen LogP contribution < -0.4 is 5.32 Å². The smallest absolute Gasteiger partial charge is 0.290 e. The molecule has 1 aliphatic carbocycles. The monoisotopic (exact) mass is 364 g/mol. The fourth-order valence-electron chi connectivity index (χ4n) is 3.69. The lowest BCUT2D eigenvalue weighted by Gasteiger charge is -2.32. The number of hydrogen-bond donors (Lipinski definition) is 1. The minimum atomic E-state index is -0.516. The molecular weight excluding hydrogens is 344 g/mol. The molecule has 1 atom stereocenters. The number of fused-ring (bicyclic) bond motifs is 2. The maximum Gasteiger partial charge on any atom is 0.290 e. The standard InChI is InChI=1S/C20H20N4O3/c1-12-15-4-2-3-5-17(15)27-18(12)20(26)23-10-14-8-9-21-24(14)16(11-23)19(25)22-13-6-7-13/h2-5,8-9,13,16H,6-7,10-11H2,1H3,(H,22,25). The van der Waals surface area contributed by atoms with Crippen LogP contribution in [0.4, 0.5) is 0 Å². The third-order valence-corrected chi connectivity index (χ3v) is 5.35. The fourth-order valence-corrected chi connectivity index (χ4v) is 3.69. The van der Waals surface area contributed by atoms with Crippen LogP contribution in [0.15, 0.2) is 40.9 Å². The van der Waals surface area contributed by atoms with E-state index in [9.17, 15) is 9.59 Å². The van der Waals surface area contributed by atoms with Gasteiger partial charge in [-0.1, -0.05) is 18.2 Å². The van der Waals surface area contributed by atoms with Gasteiger partial charge in [-0.2, -0.15) is 5.10 Å². The highest BCUT2D eigenvalue weighted by atomic mass is 16.3. The predicted molar refractivity (Wildman–Crippen MR) is 98.1 cm³/mol. The second-order valence-corrected chi connectivity index (χ2v) is 7.30. The predicted octanol–water partition coefficient (Wildman–Crippen LogP) is 2.41. The summed E-state index contributed by atoms with van der Waals surface area (Å²) in [7, 11) is 0. The Balaban J connectivity index is 1.46. The highest BCUT2D eigenvalue weighted by Gasteiger charge is 2.36. The van der Waals surface area contributed by atoms with Gasteiger partial charge in [0, 0.05) is 23.2 Å². The molecule has 0 spiro atoms. The van der Waals surface area contributed by atoms with Crippen LogP contribution >= 0.6 is 0 Å². The molecule has 5 rings (SSSR count). The van der Waals surface area contributed by atoms with Crippen molar-refractivity contribution in [2.75, 3.05) is 6.54 Å². The summed E-state index contributed by atoms with van der Waals surface area (Å²) in [6.45, 7) is 2.58. The lowest BCUT2D eigenvalue weighted by Crippen LogP contribution is -2.47. The van der Waals surface area contributed by atoms with E-state index in [4.69, 9.17) is 4.42 Å². The maximum atomic E-state index is 13.2. The molecule has 0 saturated heterocycles. The van der Waals surface area contributed by atoms with Crippen molar-refractivity contribution < 1.29 is 14.0 Å². The Morgan fingerprint density at radius 1 is 1.22 bits per heavy atom. The summed E-state index contributed by atoms with van der Waals surface area (Å²) in [6, 6.07) is 9.22. The van der Waals surface area contributed by atoms with Gasteiger partial charge < -0.3 is 14.6 Å². The van der Waals surface area contributed by atoms with Crippen molar-refractivity contribution in [2.24, 2.45) is 0 Å². The van der Waals surface area contributed by atoms with Gasteiger partial charge in [0.05, 0.1) is 18.8 Å². The van der Waals surface area contributed by atoms with Crippen LogP contribution in [0.25, 0.3) is 11.0 Å². The summed E-state index contributed by atoms with van der Waals surface area (Å²) in [5.41, 5.74) is 2.37. The van der Waals surface area contributed by atoms with Crippen molar-refractivity contribution in [3.05, 3.63) is 53.5 Å². The van der Waals surface area contributed by atoms with Crippen molar-refractivity contribution in [3.63, 3.8) is 0 Å². The number of aryl methyl sites for hydroxylation is 1. The van der Waals surface area contributed by atoms with E-state index in [2.05, 4.69) is 10.4 Å². The average molecular weight is 364 g/mol. The zero-order valence-electron chi connectivity index (χ0n) is 15.0. The molecule has 2 amide bonds. The summed E-state index contributed by atoms with van der Waals surface area (Å²) in [4.78, 5) is 27.6. The topological polar surface area (TPSA) is 80.4 Å². The van der Waals surface area contributed by atoms with Crippen LogP contribution in [0.3, 0.4) is 0 Å². The van der Waals surface area contributed by atoms with Crippen molar-refractivity contribution in [2.45, 2.75) is 38.4 Å². The van der Waals surface area contributed by atoms with Crippen molar-refractivity contribution in [3.8, 4) is 0 Å². The highest BCUT2D eigenvalue weighted by molar-refractivity contribution is 5.99. The first-order valence-corrected chi connectivity index (χ1v) is 9.22. The van der Waals surface area contributed by atoms with Gasteiger partial charge in [0.2, 0.25) is 5.91 Å². The number of carbonyl (C=O) groups is 2. The molecule has 2 aliphatic rings. The van der Waals surface area contributed by atoms with Crippen LogP contribution in [0.2, 0.25) is 0 Å². The summed E-state index contributed by atoms with van der Waals surface area (Å²) in [5.74, 6) is 0.0622. The number of aromatic nitrogens is 2. The summed E-state index contributed by atoms with van der Waals surface area (Å²) in [6.07, 6.45) is 3.71. The Labute approximate surface area is 155 Å². The molecule has 2 aromatic heterocycles. The highest BCUT2D eigenvalue weighted by Crippen LogP contribution is 2.29. The second kappa shape index (κ2) is 5.97. The Kier molecular flexibility index (Phi) is 3.56. The fraction of sp³-hybridized carbons (Fsp3) is 0.350. The second-order valence-electron chi connectivity index (χ2n) is 7.30. The van der Waals surface area contributed by atoms with Crippen LogP contribution in [0.5, 0.6) is 0 Å². The molecular formula is C20H20N4O3. The van der Waals surface area contributed by atoms with Crippen LogP contribution in [-0.2, 0) is 11.3 Å². The molecule has 1 fully saturated rings. The lowest BCUT2D eigenvalue weighted by atomic mass is 10.1. The molecule has 1 aromatic carbocycles. The number of benzene rings is 1. The molecule has 0 radical (unpaired) electrons. The van der Waals surface area contributed by atoms with E-state index in [0.717, 1.165) is 29.5 Å². The molecule has 3 heterocycles. The maximum absolute atomic E-state index is 13.2. The van der Waals surface area contributed by atoms with Gasteiger partial charge in [0.15, 0.2) is 5.76 Å². The Morgan fingerprint density at radius 2 is 2.04 bits per heavy atom. The molecule has 1 aliphatic heterocycles. The summed E-state index contributed by atoms with van der Waals surface area (Å²) < 4.78 is 7.57. The van der Waals surface area contributed by atoms with Crippen LogP contribution in [-0.4, -0.2) is 39.1 Å². The van der Waals surface area contributed by atoms with E-state index in [0.29, 0.717) is 17.9 Å². The van der Waals surface area contributed by atoms with E-state index < -0.39 is 6.04 Å². The minimum Gasteiger partial charge on any atom is -0.451 e. The Morgan fingerprint density at radius 3 is 2.81 bits per heavy atom. The van der Waals surface area contributed by atoms with Crippen LogP contribution in [0, 0.1) is 6.92 Å². The lowest BCUT2D eigenvalue weighted by molar-refractivity contribution is -0.125. The molecule has 27 heavy (non-hydrogen) atoms. The average Bonchev–Trinajstić information content (AvgIpc) is 3.25. The Hall–Kier alpha value is -3.09. The van der Waals surface area contributed by atoms with E-state index in [1.807, 2.05) is 37.3 Å². The minimum absolute atomic E-state index is 0.0822. The van der Waals surface area contributed by atoms with Gasteiger partial charge >= 0.3 is 0 Å². The summed E-state index contributed by atoms with van der Waals surface area (Å²) >= 11 is 0. The first-order valence-electron chi connectivity index (χ1n) is 9.22. The number of carbonyl (C=O) groups excluding carboxylic acids is 2. The number of nitrogens with zero attached hydrogens (tertiary/aromatic N) is 3. The number of nitrogens with one attached hydrogen (secondary N) is 1. The Bertz CT molecular complexity index is 1050. The van der Waals surface area contributed by atoms with Gasteiger partial charge in [-0.25, -0.2) is 0 Å². The normalized spacial score (nSPS) is 19.1. The van der Waals surface area contributed by atoms with Gasteiger partial charge in [0.1, 0.15) is 11.6 Å². The van der Waals surface area contributed by atoms with E-state index in [1.165, 1.54) is 0 Å². The zero-order valence-corrected chi connectivity index (χ0v) is 15.0. The number of rotatable bonds is 3. The van der Waals surface area contributed by atoms with Crippen molar-refractivity contribution >= 4 is 22.8 Å². The number of furan rings is 1. The molecule has 7 nitrogen and oxygen atoms in total. The van der Waals surface area contributed by atoms with E-state index >= 15 is 0 Å². The van der Waals surface area contributed by atoms with Gasteiger partial charge in [0.25, 0.3) is 5.91 Å². The van der Waals surface area contributed by atoms with Gasteiger partial charge in [-0.3, -0.25) is 14.3 Å². The number of amides is 2. The molecule has 1 saturated carbocycles. The van der Waals surface area contributed by atoms with Crippen molar-refractivity contribution in [1.82, 2.24) is 20.0 Å². The molecule has 1 N–H and O–H groups in total. The van der Waals surface area contributed by atoms with Crippen molar-refractivity contribution in [1.29, 1.82) is 0 Å². The van der Waals surface area contributed by atoms with Gasteiger partial charge in [-0.15, -0.1) is 0 Å². The first-order chi connectivity index (χ1) is 13.1. The number of para-hydroxylation sites is 1. The first kappa shape index (κ1) is 16.1. The molecule has 138 valence electrons. The zero-order chi connectivity index (χ0) is 18.5. The van der Waals surface area contributed by atoms with E-state index in [1.54, 1.807) is 15.8 Å². The molecule has 1 unspecified atom stereocenters. The third-order valence-electron chi connectivity index (χ3n) is 5.35. The summed E-state index contributed by atoms with van der Waals surface area (Å²) in [5, 5.41) is 8.26. The quantitative estimate of drug-likeness (QED) is 0.774. The van der Waals surface area contributed by atoms with E-state index in [-0.39, 0.29) is 24.4 Å². The largest absolute Gasteiger partial charge is 0.451 e. The molecule has 7 heteroatoms. The third kappa shape index (κ3) is 2.70. The van der Waals surface area contributed by atoms with Crippen LogP contribution in [0.1, 0.15) is 40.7 Å². The molecule has 0 bridgehead atoms. The van der Waals surface area contributed by atoms with Gasteiger partial charge in [-0.05, 0) is 31.9 Å². The SMILES string of the molecule is Cc1c(C(=O)N2Cc3ccnn3C(C(=O)NC3CC3)C2)oc2ccccc12.